The molecule has 1 unspecified atom stereocenters. The Hall–Kier alpha value is -0.810. The van der Waals surface area contributed by atoms with Gasteiger partial charge in [-0.3, -0.25) is 0 Å². The SMILES string of the molecule is CC(Nc1ccc(F)cc1I)c1ccc(Cl)cc1. The van der Waals surface area contributed by atoms with Gasteiger partial charge in [0.25, 0.3) is 0 Å². The molecule has 0 fully saturated rings. The van der Waals surface area contributed by atoms with Crippen LogP contribution in [-0.2, 0) is 0 Å². The van der Waals surface area contributed by atoms with E-state index in [9.17, 15) is 4.39 Å². The fraction of sp³-hybridized carbons (Fsp3) is 0.143. The van der Waals surface area contributed by atoms with Crippen LogP contribution in [0.1, 0.15) is 18.5 Å². The molecule has 0 heterocycles. The van der Waals surface area contributed by atoms with Gasteiger partial charge in [-0.1, -0.05) is 23.7 Å². The molecule has 1 nitrogen and oxygen atoms in total. The van der Waals surface area contributed by atoms with Crippen LogP contribution in [0.3, 0.4) is 0 Å². The first-order valence-electron chi connectivity index (χ1n) is 5.53. The minimum atomic E-state index is -0.218. The fourth-order valence-electron chi connectivity index (χ4n) is 1.67. The first-order chi connectivity index (χ1) is 8.56. The third-order valence-corrected chi connectivity index (χ3v) is 3.82. The predicted molar refractivity (Wildman–Crippen MR) is 82.6 cm³/mol. The van der Waals surface area contributed by atoms with Crippen LogP contribution < -0.4 is 5.32 Å². The number of nitrogens with one attached hydrogen (secondary N) is 1. The van der Waals surface area contributed by atoms with E-state index in [2.05, 4.69) is 34.8 Å². The molecule has 0 amide bonds. The lowest BCUT2D eigenvalue weighted by Crippen LogP contribution is -2.07. The maximum Gasteiger partial charge on any atom is 0.124 e. The van der Waals surface area contributed by atoms with Crippen LogP contribution in [0.5, 0.6) is 0 Å². The first kappa shape index (κ1) is 13.6. The minimum absolute atomic E-state index is 0.140. The van der Waals surface area contributed by atoms with E-state index in [0.29, 0.717) is 0 Å². The molecule has 0 saturated carbocycles. The summed E-state index contributed by atoms with van der Waals surface area (Å²) in [7, 11) is 0. The number of halogens is 3. The molecule has 2 rings (SSSR count). The molecule has 0 aliphatic heterocycles. The molecule has 1 N–H and O–H groups in total. The summed E-state index contributed by atoms with van der Waals surface area (Å²) in [6.45, 7) is 2.06. The average molecular weight is 376 g/mol. The Morgan fingerprint density at radius 1 is 1.17 bits per heavy atom. The molecular weight excluding hydrogens is 364 g/mol. The standard InChI is InChI=1S/C14H12ClFIN/c1-9(10-2-4-11(15)5-3-10)18-14-7-6-12(16)8-13(14)17/h2-9,18H,1H3. The number of rotatable bonds is 3. The van der Waals surface area contributed by atoms with Crippen LogP contribution in [-0.4, -0.2) is 0 Å². The second kappa shape index (κ2) is 5.89. The molecular formula is C14H12ClFIN. The van der Waals surface area contributed by atoms with E-state index >= 15 is 0 Å². The van der Waals surface area contributed by atoms with Crippen molar-refractivity contribution in [2.75, 3.05) is 5.32 Å². The zero-order valence-electron chi connectivity index (χ0n) is 9.75. The van der Waals surface area contributed by atoms with E-state index in [0.717, 1.165) is 19.8 Å². The highest BCUT2D eigenvalue weighted by Gasteiger charge is 2.07. The topological polar surface area (TPSA) is 12.0 Å². The molecule has 2 aromatic rings. The van der Waals surface area contributed by atoms with Gasteiger partial charge in [0, 0.05) is 20.3 Å². The Morgan fingerprint density at radius 3 is 2.44 bits per heavy atom. The number of hydrogen-bond acceptors (Lipinski definition) is 1. The van der Waals surface area contributed by atoms with Gasteiger partial charge in [0.2, 0.25) is 0 Å². The zero-order chi connectivity index (χ0) is 13.1. The van der Waals surface area contributed by atoms with E-state index in [4.69, 9.17) is 11.6 Å². The molecule has 4 heteroatoms. The van der Waals surface area contributed by atoms with Crippen molar-refractivity contribution >= 4 is 39.9 Å². The fourth-order valence-corrected chi connectivity index (χ4v) is 2.43. The van der Waals surface area contributed by atoms with Crippen molar-refractivity contribution in [2.45, 2.75) is 13.0 Å². The number of hydrogen-bond donors (Lipinski definition) is 1. The van der Waals surface area contributed by atoms with Crippen molar-refractivity contribution in [2.24, 2.45) is 0 Å². The van der Waals surface area contributed by atoms with E-state index in [1.54, 1.807) is 6.07 Å². The minimum Gasteiger partial charge on any atom is -0.378 e. The van der Waals surface area contributed by atoms with Crippen LogP contribution in [0.15, 0.2) is 42.5 Å². The highest BCUT2D eigenvalue weighted by atomic mass is 127. The molecule has 2 aromatic carbocycles. The Labute approximate surface area is 124 Å². The van der Waals surface area contributed by atoms with Crippen molar-refractivity contribution in [3.8, 4) is 0 Å². The van der Waals surface area contributed by atoms with Crippen LogP contribution in [0, 0.1) is 9.39 Å². The van der Waals surface area contributed by atoms with Crippen molar-refractivity contribution in [3.05, 3.63) is 62.4 Å². The average Bonchev–Trinajstić information content (AvgIpc) is 2.33. The van der Waals surface area contributed by atoms with Crippen molar-refractivity contribution in [3.63, 3.8) is 0 Å². The Kier molecular flexibility index (Phi) is 4.45. The van der Waals surface area contributed by atoms with Crippen LogP contribution in [0.25, 0.3) is 0 Å². The van der Waals surface area contributed by atoms with E-state index < -0.39 is 0 Å². The molecule has 0 bridgehead atoms. The largest absolute Gasteiger partial charge is 0.378 e. The van der Waals surface area contributed by atoms with Gasteiger partial charge in [-0.05, 0) is 65.4 Å². The summed E-state index contributed by atoms with van der Waals surface area (Å²) in [4.78, 5) is 0. The van der Waals surface area contributed by atoms with Crippen LogP contribution in [0.2, 0.25) is 5.02 Å². The predicted octanol–water partition coefficient (Wildman–Crippen LogP) is 5.26. The van der Waals surface area contributed by atoms with Crippen molar-refractivity contribution < 1.29 is 4.39 Å². The first-order valence-corrected chi connectivity index (χ1v) is 6.99. The highest BCUT2D eigenvalue weighted by Crippen LogP contribution is 2.25. The third kappa shape index (κ3) is 3.36. The molecule has 0 aliphatic carbocycles. The van der Waals surface area contributed by atoms with Gasteiger partial charge in [-0.15, -0.1) is 0 Å². The summed E-state index contributed by atoms with van der Waals surface area (Å²) in [6, 6.07) is 12.6. The van der Waals surface area contributed by atoms with Crippen molar-refractivity contribution in [1.29, 1.82) is 0 Å². The molecule has 0 radical (unpaired) electrons. The Bertz CT molecular complexity index is 542. The molecule has 0 aliphatic rings. The van der Waals surface area contributed by atoms with Gasteiger partial charge in [-0.25, -0.2) is 4.39 Å². The lowest BCUT2D eigenvalue weighted by molar-refractivity contribution is 0.627. The quantitative estimate of drug-likeness (QED) is 0.722. The smallest absolute Gasteiger partial charge is 0.124 e. The lowest BCUT2D eigenvalue weighted by atomic mass is 10.1. The van der Waals surface area contributed by atoms with Crippen LogP contribution >= 0.6 is 34.2 Å². The van der Waals surface area contributed by atoms with Crippen LogP contribution in [0.4, 0.5) is 10.1 Å². The molecule has 1 atom stereocenters. The summed E-state index contributed by atoms with van der Waals surface area (Å²) in [5, 5.41) is 4.08. The molecule has 18 heavy (non-hydrogen) atoms. The van der Waals surface area contributed by atoms with Crippen molar-refractivity contribution in [1.82, 2.24) is 0 Å². The van der Waals surface area contributed by atoms with E-state index in [1.807, 2.05) is 24.3 Å². The van der Waals surface area contributed by atoms with Gasteiger partial charge in [-0.2, -0.15) is 0 Å². The molecule has 94 valence electrons. The highest BCUT2D eigenvalue weighted by molar-refractivity contribution is 14.1. The monoisotopic (exact) mass is 375 g/mol. The molecule has 0 aromatic heterocycles. The normalized spacial score (nSPS) is 12.2. The van der Waals surface area contributed by atoms with Gasteiger partial charge in [0.1, 0.15) is 5.82 Å². The second-order valence-electron chi connectivity index (χ2n) is 4.04. The summed E-state index contributed by atoms with van der Waals surface area (Å²) < 4.78 is 13.9. The summed E-state index contributed by atoms with van der Waals surface area (Å²) in [5.41, 5.74) is 2.07. The summed E-state index contributed by atoms with van der Waals surface area (Å²) in [6.07, 6.45) is 0. The van der Waals surface area contributed by atoms with E-state index in [1.165, 1.54) is 12.1 Å². The summed E-state index contributed by atoms with van der Waals surface area (Å²) >= 11 is 7.98. The Morgan fingerprint density at radius 2 is 1.83 bits per heavy atom. The molecule has 0 saturated heterocycles. The zero-order valence-corrected chi connectivity index (χ0v) is 12.7. The lowest BCUT2D eigenvalue weighted by Gasteiger charge is -2.17. The van der Waals surface area contributed by atoms with Gasteiger partial charge < -0.3 is 5.32 Å². The summed E-state index contributed by atoms with van der Waals surface area (Å²) in [5.74, 6) is -0.218. The Balaban J connectivity index is 2.15. The molecule has 0 spiro atoms. The third-order valence-electron chi connectivity index (χ3n) is 2.67. The van der Waals surface area contributed by atoms with Gasteiger partial charge in [0.05, 0.1) is 0 Å². The number of anilines is 1. The maximum atomic E-state index is 13.0. The van der Waals surface area contributed by atoms with Gasteiger partial charge in [0.15, 0.2) is 0 Å². The number of benzene rings is 2. The second-order valence-corrected chi connectivity index (χ2v) is 5.64. The maximum absolute atomic E-state index is 13.0. The van der Waals surface area contributed by atoms with E-state index in [-0.39, 0.29) is 11.9 Å². The van der Waals surface area contributed by atoms with Gasteiger partial charge >= 0.3 is 0 Å².